The van der Waals surface area contributed by atoms with E-state index < -0.39 is 5.91 Å². The molecule has 0 bridgehead atoms. The molecule has 5 nitrogen and oxygen atoms in total. The minimum atomic E-state index is -0.407. The number of amides is 2. The van der Waals surface area contributed by atoms with Gasteiger partial charge < -0.3 is 15.5 Å². The highest BCUT2D eigenvalue weighted by molar-refractivity contribution is 5.83. The van der Waals surface area contributed by atoms with Gasteiger partial charge in [-0.3, -0.25) is 9.59 Å². The Labute approximate surface area is 210 Å². The predicted octanol–water partition coefficient (Wildman–Crippen LogP) is 4.95. The minimum absolute atomic E-state index is 0.0755. The molecule has 1 atom stereocenters. The molecule has 0 heterocycles. The first kappa shape index (κ1) is 25.4. The second kappa shape index (κ2) is 10.9. The Bertz CT molecular complexity index is 1040. The van der Waals surface area contributed by atoms with Crippen LogP contribution < -0.4 is 5.73 Å². The van der Waals surface area contributed by atoms with Gasteiger partial charge >= 0.3 is 0 Å². The molecule has 1 fully saturated rings. The fourth-order valence-electron chi connectivity index (χ4n) is 6.41. The summed E-state index contributed by atoms with van der Waals surface area (Å²) >= 11 is 0. The van der Waals surface area contributed by atoms with E-state index in [1.165, 1.54) is 22.3 Å². The minimum Gasteiger partial charge on any atom is -0.370 e. The number of nitrogens with two attached hydrogens (primary N) is 1. The maximum atomic E-state index is 13.6. The number of hydrogen-bond acceptors (Lipinski definition) is 3. The molecule has 35 heavy (non-hydrogen) atoms. The molecular formula is C30H41N3O2. The first-order chi connectivity index (χ1) is 16.8. The molecule has 2 aliphatic carbocycles. The molecule has 0 saturated heterocycles. The first-order valence-electron chi connectivity index (χ1n) is 13.2. The van der Waals surface area contributed by atoms with Gasteiger partial charge in [0.15, 0.2) is 0 Å². The van der Waals surface area contributed by atoms with Gasteiger partial charge in [0.1, 0.15) is 0 Å². The third-order valence-electron chi connectivity index (χ3n) is 8.39. The topological polar surface area (TPSA) is 66.6 Å². The van der Waals surface area contributed by atoms with Crippen molar-refractivity contribution in [1.82, 2.24) is 9.80 Å². The highest BCUT2D eigenvalue weighted by Crippen LogP contribution is 2.42. The van der Waals surface area contributed by atoms with Gasteiger partial charge in [-0.05, 0) is 89.1 Å². The normalized spacial score (nSPS) is 24.1. The lowest BCUT2D eigenvalue weighted by atomic mass is 9.73. The summed E-state index contributed by atoms with van der Waals surface area (Å²) in [6.07, 6.45) is 8.53. The van der Waals surface area contributed by atoms with Crippen LogP contribution in [0.4, 0.5) is 0 Å². The maximum Gasteiger partial charge on any atom is 0.223 e. The number of nitrogens with zero attached hydrogens (tertiary/aromatic N) is 2. The van der Waals surface area contributed by atoms with Crippen LogP contribution in [0.15, 0.2) is 48.5 Å². The second-order valence-corrected chi connectivity index (χ2v) is 10.9. The zero-order valence-electron chi connectivity index (χ0n) is 21.6. The van der Waals surface area contributed by atoms with Crippen molar-refractivity contribution in [3.8, 4) is 0 Å². The van der Waals surface area contributed by atoms with Crippen LogP contribution in [0.2, 0.25) is 0 Å². The molecule has 2 N–H and O–H groups in total. The number of carbonyl (C=O) groups excluding carboxylic acids is 2. The van der Waals surface area contributed by atoms with Crippen molar-refractivity contribution in [1.29, 1.82) is 0 Å². The summed E-state index contributed by atoms with van der Waals surface area (Å²) in [5.74, 6) is -0.331. The smallest absolute Gasteiger partial charge is 0.223 e. The van der Waals surface area contributed by atoms with Crippen LogP contribution in [-0.4, -0.2) is 47.3 Å². The van der Waals surface area contributed by atoms with Gasteiger partial charge in [0.05, 0.1) is 6.04 Å². The lowest BCUT2D eigenvalue weighted by Crippen LogP contribution is -2.53. The average molecular weight is 476 g/mol. The zero-order chi connectivity index (χ0) is 25.0. The Morgan fingerprint density at radius 1 is 1.00 bits per heavy atom. The highest BCUT2D eigenvalue weighted by Gasteiger charge is 2.42. The predicted molar refractivity (Wildman–Crippen MR) is 141 cm³/mol. The van der Waals surface area contributed by atoms with E-state index in [0.717, 1.165) is 51.4 Å². The molecule has 188 valence electrons. The number of primary amides is 1. The van der Waals surface area contributed by atoms with Gasteiger partial charge in [-0.1, -0.05) is 54.1 Å². The third-order valence-corrected chi connectivity index (χ3v) is 8.39. The lowest BCUT2D eigenvalue weighted by Gasteiger charge is -2.49. The molecular weight excluding hydrogens is 434 g/mol. The number of rotatable bonds is 8. The highest BCUT2D eigenvalue weighted by atomic mass is 16.2. The van der Waals surface area contributed by atoms with Gasteiger partial charge in [-0.25, -0.2) is 0 Å². The van der Waals surface area contributed by atoms with Gasteiger partial charge in [0.25, 0.3) is 0 Å². The van der Waals surface area contributed by atoms with E-state index in [1.807, 2.05) is 0 Å². The van der Waals surface area contributed by atoms with Crippen LogP contribution in [-0.2, 0) is 22.4 Å². The summed E-state index contributed by atoms with van der Waals surface area (Å²) in [5, 5.41) is 0. The number of aryl methyl sites for hydroxylation is 2. The Morgan fingerprint density at radius 3 is 2.43 bits per heavy atom. The van der Waals surface area contributed by atoms with Crippen LogP contribution in [0.5, 0.6) is 0 Å². The molecule has 2 aromatic carbocycles. The van der Waals surface area contributed by atoms with Gasteiger partial charge in [-0.2, -0.15) is 0 Å². The summed E-state index contributed by atoms with van der Waals surface area (Å²) in [4.78, 5) is 29.6. The molecule has 1 unspecified atom stereocenters. The van der Waals surface area contributed by atoms with E-state index in [1.54, 1.807) is 0 Å². The summed E-state index contributed by atoms with van der Waals surface area (Å²) in [6.45, 7) is 2.15. The summed E-state index contributed by atoms with van der Waals surface area (Å²) in [5.41, 5.74) is 10.8. The van der Waals surface area contributed by atoms with Crippen LogP contribution in [0, 0.1) is 6.92 Å². The van der Waals surface area contributed by atoms with Crippen molar-refractivity contribution in [2.45, 2.75) is 88.8 Å². The third kappa shape index (κ3) is 5.78. The summed E-state index contributed by atoms with van der Waals surface area (Å²) in [6, 6.07) is 17.7. The first-order valence-corrected chi connectivity index (χ1v) is 13.2. The van der Waals surface area contributed by atoms with Crippen molar-refractivity contribution in [3.05, 3.63) is 70.8 Å². The summed E-state index contributed by atoms with van der Waals surface area (Å²) in [7, 11) is 4.40. The Morgan fingerprint density at radius 2 is 1.74 bits per heavy atom. The fourth-order valence-corrected chi connectivity index (χ4v) is 6.41. The molecule has 1 saturated carbocycles. The van der Waals surface area contributed by atoms with E-state index in [4.69, 9.17) is 5.73 Å². The molecule has 0 radical (unpaired) electrons. The standard InChI is InChI=1S/C30H41N3O2/c1-22-8-6-9-23(20-22)21-30(32(2)3)18-16-25(17-19-30)33(29(35)15-14-28(31)34)27-13-7-11-24-10-4-5-12-26(24)27/h4-6,8-10,12,20,25,27H,7,11,13-19,21H2,1-3H3,(H2,31,34). The molecule has 0 aliphatic heterocycles. The van der Waals surface area contributed by atoms with E-state index in [-0.39, 0.29) is 36.4 Å². The molecule has 2 aliphatic rings. The van der Waals surface area contributed by atoms with Gasteiger partial charge in [0, 0.05) is 24.4 Å². The molecule has 0 spiro atoms. The SMILES string of the molecule is Cc1cccc(CC2(N(C)C)CCC(N(C(=O)CCC(N)=O)C3CCCc4ccccc43)CC2)c1. The maximum absolute atomic E-state index is 13.6. The number of carbonyl (C=O) groups is 2. The van der Waals surface area contributed by atoms with Crippen LogP contribution in [0.3, 0.4) is 0 Å². The average Bonchev–Trinajstić information content (AvgIpc) is 2.84. The monoisotopic (exact) mass is 475 g/mol. The lowest BCUT2D eigenvalue weighted by molar-refractivity contribution is -0.140. The number of likely N-dealkylation sites (N-methyl/N-ethyl adjacent to an activating group) is 1. The number of hydrogen-bond donors (Lipinski definition) is 1. The second-order valence-electron chi connectivity index (χ2n) is 10.9. The van der Waals surface area contributed by atoms with Crippen molar-refractivity contribution < 1.29 is 9.59 Å². The van der Waals surface area contributed by atoms with Crippen molar-refractivity contribution in [2.24, 2.45) is 5.73 Å². The zero-order valence-corrected chi connectivity index (χ0v) is 21.6. The van der Waals surface area contributed by atoms with Gasteiger partial charge in [-0.15, -0.1) is 0 Å². The van der Waals surface area contributed by atoms with Crippen molar-refractivity contribution in [2.75, 3.05) is 14.1 Å². The fraction of sp³-hybridized carbons (Fsp3) is 0.533. The van der Waals surface area contributed by atoms with Crippen LogP contribution in [0.25, 0.3) is 0 Å². The number of benzene rings is 2. The molecule has 4 rings (SSSR count). The van der Waals surface area contributed by atoms with E-state index >= 15 is 0 Å². The molecule has 2 aromatic rings. The molecule has 0 aromatic heterocycles. The number of fused-ring (bicyclic) bond motifs is 1. The van der Waals surface area contributed by atoms with Crippen molar-refractivity contribution in [3.63, 3.8) is 0 Å². The Balaban J connectivity index is 1.57. The molecule has 5 heteroatoms. The Hall–Kier alpha value is -2.66. The quantitative estimate of drug-likeness (QED) is 0.587. The van der Waals surface area contributed by atoms with Crippen LogP contribution in [0.1, 0.15) is 79.7 Å². The van der Waals surface area contributed by atoms with E-state index in [0.29, 0.717) is 0 Å². The van der Waals surface area contributed by atoms with E-state index in [2.05, 4.69) is 79.3 Å². The largest absolute Gasteiger partial charge is 0.370 e. The Kier molecular flexibility index (Phi) is 7.95. The van der Waals surface area contributed by atoms with E-state index in [9.17, 15) is 9.59 Å². The summed E-state index contributed by atoms with van der Waals surface area (Å²) < 4.78 is 0. The van der Waals surface area contributed by atoms with Crippen LogP contribution >= 0.6 is 0 Å². The molecule has 2 amide bonds. The van der Waals surface area contributed by atoms with Gasteiger partial charge in [0.2, 0.25) is 11.8 Å². The van der Waals surface area contributed by atoms with Crippen molar-refractivity contribution >= 4 is 11.8 Å².